The number of hydrogen-bond donors (Lipinski definition) is 1. The summed E-state index contributed by atoms with van der Waals surface area (Å²) in [5.74, 6) is 0.922. The van der Waals surface area contributed by atoms with Crippen LogP contribution in [0.15, 0.2) is 54.7 Å². The molecule has 1 atom stereocenters. The van der Waals surface area contributed by atoms with Crippen LogP contribution in [0.5, 0.6) is 0 Å². The molecule has 0 saturated carbocycles. The van der Waals surface area contributed by atoms with Gasteiger partial charge in [-0.25, -0.2) is 14.7 Å². The quantitative estimate of drug-likeness (QED) is 0.674. The van der Waals surface area contributed by atoms with E-state index < -0.39 is 10.2 Å². The molecule has 29 heavy (non-hydrogen) atoms. The Kier molecular flexibility index (Phi) is 5.49. The molecule has 0 radical (unpaired) electrons. The number of benzene rings is 2. The lowest BCUT2D eigenvalue weighted by Gasteiger charge is -2.18. The van der Waals surface area contributed by atoms with Crippen LogP contribution in [-0.4, -0.2) is 56.4 Å². The Hall–Kier alpha value is -2.55. The molecule has 1 aromatic heterocycles. The van der Waals surface area contributed by atoms with E-state index >= 15 is 0 Å². The van der Waals surface area contributed by atoms with E-state index in [0.29, 0.717) is 12.5 Å². The molecule has 7 nitrogen and oxygen atoms in total. The van der Waals surface area contributed by atoms with E-state index in [0.717, 1.165) is 30.8 Å². The van der Waals surface area contributed by atoms with Crippen molar-refractivity contribution in [2.45, 2.75) is 6.42 Å². The first-order chi connectivity index (χ1) is 13.9. The predicted molar refractivity (Wildman–Crippen MR) is 116 cm³/mol. The van der Waals surface area contributed by atoms with Gasteiger partial charge in [-0.2, -0.15) is 12.7 Å². The molecule has 1 fully saturated rings. The SMILES string of the molecule is CN(C)S(=O)(=O)NCC1CCN(c2nccc(-c3ccc4ccccc4c3)n2)C1. The van der Waals surface area contributed by atoms with Crippen molar-refractivity contribution in [2.75, 3.05) is 38.6 Å². The first kappa shape index (κ1) is 19.8. The molecule has 0 spiro atoms. The van der Waals surface area contributed by atoms with Gasteiger partial charge in [0.1, 0.15) is 0 Å². The highest BCUT2D eigenvalue weighted by Gasteiger charge is 2.26. The van der Waals surface area contributed by atoms with Crippen molar-refractivity contribution in [2.24, 2.45) is 5.92 Å². The van der Waals surface area contributed by atoms with Gasteiger partial charge in [-0.15, -0.1) is 0 Å². The molecule has 1 unspecified atom stereocenters. The molecule has 4 rings (SSSR count). The Morgan fingerprint density at radius 1 is 1.14 bits per heavy atom. The van der Waals surface area contributed by atoms with Crippen LogP contribution in [0.1, 0.15) is 6.42 Å². The van der Waals surface area contributed by atoms with Crippen molar-refractivity contribution in [3.63, 3.8) is 0 Å². The number of hydrogen-bond acceptors (Lipinski definition) is 5. The molecular weight excluding hydrogens is 386 g/mol. The molecule has 1 aliphatic rings. The van der Waals surface area contributed by atoms with Gasteiger partial charge in [-0.05, 0) is 35.2 Å². The molecule has 0 bridgehead atoms. The third kappa shape index (κ3) is 4.39. The molecule has 3 aromatic rings. The fraction of sp³-hybridized carbons (Fsp3) is 0.333. The zero-order valence-electron chi connectivity index (χ0n) is 16.6. The highest BCUT2D eigenvalue weighted by atomic mass is 32.2. The first-order valence-electron chi connectivity index (χ1n) is 9.67. The van der Waals surface area contributed by atoms with Crippen molar-refractivity contribution in [1.82, 2.24) is 19.0 Å². The molecule has 1 aliphatic heterocycles. The van der Waals surface area contributed by atoms with Gasteiger partial charge < -0.3 is 4.90 Å². The topological polar surface area (TPSA) is 78.4 Å². The normalized spacial score (nSPS) is 17.3. The number of nitrogens with zero attached hydrogens (tertiary/aromatic N) is 4. The molecule has 1 N–H and O–H groups in total. The number of anilines is 1. The second-order valence-electron chi connectivity index (χ2n) is 7.54. The highest BCUT2D eigenvalue weighted by Crippen LogP contribution is 2.26. The van der Waals surface area contributed by atoms with E-state index in [4.69, 9.17) is 4.98 Å². The Labute approximate surface area is 171 Å². The Bertz CT molecular complexity index is 1120. The summed E-state index contributed by atoms with van der Waals surface area (Å²) in [4.78, 5) is 11.3. The first-order valence-corrected chi connectivity index (χ1v) is 11.1. The smallest absolute Gasteiger partial charge is 0.278 e. The maximum Gasteiger partial charge on any atom is 0.278 e. The minimum Gasteiger partial charge on any atom is -0.340 e. The third-order valence-corrected chi connectivity index (χ3v) is 6.78. The minimum atomic E-state index is -3.39. The summed E-state index contributed by atoms with van der Waals surface area (Å²) in [5.41, 5.74) is 1.94. The monoisotopic (exact) mass is 411 g/mol. The summed E-state index contributed by atoms with van der Waals surface area (Å²) in [5, 5.41) is 2.38. The third-order valence-electron chi connectivity index (χ3n) is 5.29. The van der Waals surface area contributed by atoms with Crippen LogP contribution in [0.25, 0.3) is 22.0 Å². The van der Waals surface area contributed by atoms with Crippen LogP contribution >= 0.6 is 0 Å². The zero-order chi connectivity index (χ0) is 20.4. The summed E-state index contributed by atoms with van der Waals surface area (Å²) in [7, 11) is -0.349. The zero-order valence-corrected chi connectivity index (χ0v) is 17.4. The number of rotatable bonds is 6. The number of fused-ring (bicyclic) bond motifs is 1. The van der Waals surface area contributed by atoms with Crippen molar-refractivity contribution in [3.8, 4) is 11.3 Å². The lowest BCUT2D eigenvalue weighted by Crippen LogP contribution is -2.38. The van der Waals surface area contributed by atoms with E-state index in [-0.39, 0.29) is 5.92 Å². The second kappa shape index (κ2) is 8.06. The van der Waals surface area contributed by atoms with Crippen LogP contribution in [-0.2, 0) is 10.2 Å². The average molecular weight is 412 g/mol. The molecule has 2 heterocycles. The maximum atomic E-state index is 11.9. The summed E-state index contributed by atoms with van der Waals surface area (Å²) in [6.07, 6.45) is 2.69. The minimum absolute atomic E-state index is 0.234. The van der Waals surface area contributed by atoms with E-state index in [1.807, 2.05) is 18.2 Å². The van der Waals surface area contributed by atoms with Gasteiger partial charge >= 0.3 is 0 Å². The summed E-state index contributed by atoms with van der Waals surface area (Å²) in [6, 6.07) is 16.5. The second-order valence-corrected chi connectivity index (χ2v) is 9.51. The molecule has 8 heteroatoms. The lowest BCUT2D eigenvalue weighted by molar-refractivity contribution is 0.488. The van der Waals surface area contributed by atoms with Gasteiger partial charge in [0.05, 0.1) is 5.69 Å². The molecule has 0 amide bonds. The van der Waals surface area contributed by atoms with E-state index in [1.165, 1.54) is 29.2 Å². The fourth-order valence-electron chi connectivity index (χ4n) is 3.54. The summed E-state index contributed by atoms with van der Waals surface area (Å²) in [6.45, 7) is 1.97. The lowest BCUT2D eigenvalue weighted by atomic mass is 10.1. The molecule has 2 aromatic carbocycles. The number of aromatic nitrogens is 2. The Morgan fingerprint density at radius 2 is 1.93 bits per heavy atom. The standard InChI is InChI=1S/C21H25N5O2S/c1-25(2)29(27,28)23-14-16-10-12-26(15-16)21-22-11-9-20(24-21)19-8-7-17-5-3-4-6-18(17)13-19/h3-9,11,13,16,23H,10,12,14-15H2,1-2H3. The molecule has 152 valence electrons. The van der Waals surface area contributed by atoms with Crippen LogP contribution in [0.2, 0.25) is 0 Å². The van der Waals surface area contributed by atoms with Crippen molar-refractivity contribution >= 4 is 26.9 Å². The molecular formula is C21H25N5O2S. The van der Waals surface area contributed by atoms with Crippen LogP contribution in [0.3, 0.4) is 0 Å². The number of nitrogens with one attached hydrogen (secondary N) is 1. The van der Waals surface area contributed by atoms with Gasteiger partial charge in [0.2, 0.25) is 5.95 Å². The van der Waals surface area contributed by atoms with Crippen molar-refractivity contribution < 1.29 is 8.42 Å². The van der Waals surface area contributed by atoms with E-state index in [9.17, 15) is 8.42 Å². The van der Waals surface area contributed by atoms with Gasteiger partial charge in [-0.1, -0.05) is 36.4 Å². The predicted octanol–water partition coefficient (Wildman–Crippen LogP) is 2.52. The van der Waals surface area contributed by atoms with Gasteiger partial charge in [0.15, 0.2) is 0 Å². The Morgan fingerprint density at radius 3 is 2.72 bits per heavy atom. The van der Waals surface area contributed by atoms with Crippen LogP contribution in [0, 0.1) is 5.92 Å². The van der Waals surface area contributed by atoms with Crippen molar-refractivity contribution in [3.05, 3.63) is 54.7 Å². The van der Waals surface area contributed by atoms with Crippen LogP contribution < -0.4 is 9.62 Å². The van der Waals surface area contributed by atoms with Crippen molar-refractivity contribution in [1.29, 1.82) is 0 Å². The van der Waals surface area contributed by atoms with E-state index in [2.05, 4.69) is 44.9 Å². The maximum absolute atomic E-state index is 11.9. The molecule has 1 saturated heterocycles. The Balaban J connectivity index is 1.47. The largest absolute Gasteiger partial charge is 0.340 e. The van der Waals surface area contributed by atoms with Gasteiger partial charge in [0.25, 0.3) is 10.2 Å². The van der Waals surface area contributed by atoms with Gasteiger partial charge in [-0.3, -0.25) is 0 Å². The summed E-state index contributed by atoms with van der Waals surface area (Å²) >= 11 is 0. The van der Waals surface area contributed by atoms with Gasteiger partial charge in [0, 0.05) is 45.5 Å². The van der Waals surface area contributed by atoms with E-state index in [1.54, 1.807) is 6.20 Å². The van der Waals surface area contributed by atoms with Crippen LogP contribution in [0.4, 0.5) is 5.95 Å². The highest BCUT2D eigenvalue weighted by molar-refractivity contribution is 7.87. The summed E-state index contributed by atoms with van der Waals surface area (Å²) < 4.78 is 27.7. The molecule has 0 aliphatic carbocycles. The average Bonchev–Trinajstić information content (AvgIpc) is 3.21. The fourth-order valence-corrected chi connectivity index (χ4v) is 4.25.